The van der Waals surface area contributed by atoms with Crippen molar-refractivity contribution >= 4 is 28.9 Å². The number of para-hydroxylation sites is 1. The SMILES string of the molecule is Clc1cccc(Cl)c1NCc1ccoc1. The van der Waals surface area contributed by atoms with E-state index in [1.54, 1.807) is 24.7 Å². The lowest BCUT2D eigenvalue weighted by atomic mass is 10.3. The van der Waals surface area contributed by atoms with Crippen LogP contribution in [0.15, 0.2) is 41.2 Å². The number of nitrogens with one attached hydrogen (secondary N) is 1. The Kier molecular flexibility index (Phi) is 3.19. The molecule has 1 heterocycles. The number of benzene rings is 1. The summed E-state index contributed by atoms with van der Waals surface area (Å²) >= 11 is 12.0. The summed E-state index contributed by atoms with van der Waals surface area (Å²) in [5.41, 5.74) is 1.80. The molecule has 1 aromatic carbocycles. The maximum atomic E-state index is 6.00. The molecule has 0 saturated heterocycles. The lowest BCUT2D eigenvalue weighted by molar-refractivity contribution is 0.564. The fourth-order valence-corrected chi connectivity index (χ4v) is 1.78. The molecule has 0 saturated carbocycles. The minimum atomic E-state index is 0.617. The zero-order chi connectivity index (χ0) is 10.7. The summed E-state index contributed by atoms with van der Waals surface area (Å²) in [6, 6.07) is 7.29. The van der Waals surface area contributed by atoms with Crippen molar-refractivity contribution in [2.45, 2.75) is 6.54 Å². The van der Waals surface area contributed by atoms with Crippen molar-refractivity contribution in [3.05, 3.63) is 52.4 Å². The fourth-order valence-electron chi connectivity index (χ4n) is 1.25. The molecule has 0 amide bonds. The van der Waals surface area contributed by atoms with Gasteiger partial charge < -0.3 is 9.73 Å². The second kappa shape index (κ2) is 4.60. The van der Waals surface area contributed by atoms with Crippen LogP contribution in [0.25, 0.3) is 0 Å². The highest BCUT2D eigenvalue weighted by atomic mass is 35.5. The monoisotopic (exact) mass is 241 g/mol. The standard InChI is InChI=1S/C11H9Cl2NO/c12-9-2-1-3-10(13)11(9)14-6-8-4-5-15-7-8/h1-5,7,14H,6H2. The van der Waals surface area contributed by atoms with E-state index in [2.05, 4.69) is 5.32 Å². The molecule has 0 bridgehead atoms. The summed E-state index contributed by atoms with van der Waals surface area (Å²) < 4.78 is 4.96. The maximum Gasteiger partial charge on any atom is 0.0952 e. The lowest BCUT2D eigenvalue weighted by Crippen LogP contribution is -1.99. The summed E-state index contributed by atoms with van der Waals surface area (Å²) in [6.45, 7) is 0.639. The van der Waals surface area contributed by atoms with Gasteiger partial charge in [0.1, 0.15) is 0 Å². The summed E-state index contributed by atoms with van der Waals surface area (Å²) in [7, 11) is 0. The van der Waals surface area contributed by atoms with Gasteiger partial charge in [0.15, 0.2) is 0 Å². The third-order valence-electron chi connectivity index (χ3n) is 2.01. The highest BCUT2D eigenvalue weighted by Crippen LogP contribution is 2.30. The van der Waals surface area contributed by atoms with Crippen LogP contribution in [0.2, 0.25) is 10.0 Å². The van der Waals surface area contributed by atoms with Gasteiger partial charge in [0.05, 0.1) is 28.3 Å². The Hall–Kier alpha value is -1.12. The number of halogens is 2. The number of anilines is 1. The van der Waals surface area contributed by atoms with Crippen LogP contribution in [0.3, 0.4) is 0 Å². The van der Waals surface area contributed by atoms with Gasteiger partial charge in [-0.2, -0.15) is 0 Å². The van der Waals surface area contributed by atoms with Gasteiger partial charge in [0.25, 0.3) is 0 Å². The number of hydrogen-bond acceptors (Lipinski definition) is 2. The van der Waals surface area contributed by atoms with Gasteiger partial charge in [0.2, 0.25) is 0 Å². The Morgan fingerprint density at radius 2 is 1.87 bits per heavy atom. The van der Waals surface area contributed by atoms with E-state index < -0.39 is 0 Å². The van der Waals surface area contributed by atoms with Crippen LogP contribution in [0.5, 0.6) is 0 Å². The molecule has 78 valence electrons. The molecule has 0 aliphatic carbocycles. The van der Waals surface area contributed by atoms with E-state index in [4.69, 9.17) is 27.6 Å². The molecule has 0 unspecified atom stereocenters. The molecular formula is C11H9Cl2NO. The smallest absolute Gasteiger partial charge is 0.0952 e. The average molecular weight is 242 g/mol. The Morgan fingerprint density at radius 1 is 1.13 bits per heavy atom. The molecule has 2 nitrogen and oxygen atoms in total. The molecule has 1 N–H and O–H groups in total. The predicted octanol–water partition coefficient (Wildman–Crippen LogP) is 4.20. The molecular weight excluding hydrogens is 233 g/mol. The zero-order valence-corrected chi connectivity index (χ0v) is 9.35. The molecule has 1 aromatic heterocycles. The maximum absolute atomic E-state index is 6.00. The molecule has 0 atom stereocenters. The highest BCUT2D eigenvalue weighted by Gasteiger charge is 2.04. The third kappa shape index (κ3) is 2.46. The van der Waals surface area contributed by atoms with E-state index >= 15 is 0 Å². The van der Waals surface area contributed by atoms with Gasteiger partial charge in [-0.15, -0.1) is 0 Å². The Bertz CT molecular complexity index is 420. The first kappa shape index (κ1) is 10.4. The van der Waals surface area contributed by atoms with Gasteiger partial charge in [-0.05, 0) is 18.2 Å². The minimum Gasteiger partial charge on any atom is -0.472 e. The largest absolute Gasteiger partial charge is 0.472 e. The Labute approximate surface area is 97.8 Å². The van der Waals surface area contributed by atoms with E-state index in [1.807, 2.05) is 12.1 Å². The van der Waals surface area contributed by atoms with Crippen LogP contribution in [0, 0.1) is 0 Å². The van der Waals surface area contributed by atoms with E-state index in [0.29, 0.717) is 16.6 Å². The second-order valence-corrected chi connectivity index (χ2v) is 3.90. The third-order valence-corrected chi connectivity index (χ3v) is 2.64. The molecule has 0 fully saturated rings. The summed E-state index contributed by atoms with van der Waals surface area (Å²) in [4.78, 5) is 0. The van der Waals surface area contributed by atoms with Gasteiger partial charge in [0, 0.05) is 12.1 Å². The highest BCUT2D eigenvalue weighted by molar-refractivity contribution is 6.39. The molecule has 0 spiro atoms. The van der Waals surface area contributed by atoms with Crippen molar-refractivity contribution < 1.29 is 4.42 Å². The van der Waals surface area contributed by atoms with Crippen molar-refractivity contribution in [2.75, 3.05) is 5.32 Å². The predicted molar refractivity (Wildman–Crippen MR) is 62.5 cm³/mol. The van der Waals surface area contributed by atoms with E-state index in [-0.39, 0.29) is 0 Å². The van der Waals surface area contributed by atoms with Crippen LogP contribution in [0.4, 0.5) is 5.69 Å². The van der Waals surface area contributed by atoms with Crippen LogP contribution < -0.4 is 5.32 Å². The molecule has 0 aliphatic rings. The van der Waals surface area contributed by atoms with Crippen molar-refractivity contribution in [1.82, 2.24) is 0 Å². The summed E-state index contributed by atoms with van der Waals surface area (Å²) in [5, 5.41) is 4.39. The number of rotatable bonds is 3. The molecule has 0 aliphatic heterocycles. The Balaban J connectivity index is 2.11. The van der Waals surface area contributed by atoms with Crippen LogP contribution in [-0.2, 0) is 6.54 Å². The summed E-state index contributed by atoms with van der Waals surface area (Å²) in [5.74, 6) is 0. The normalized spacial score (nSPS) is 10.3. The van der Waals surface area contributed by atoms with E-state index in [1.165, 1.54) is 0 Å². The van der Waals surface area contributed by atoms with Gasteiger partial charge >= 0.3 is 0 Å². The minimum absolute atomic E-state index is 0.617. The number of furan rings is 1. The van der Waals surface area contributed by atoms with Crippen LogP contribution in [0.1, 0.15) is 5.56 Å². The second-order valence-electron chi connectivity index (χ2n) is 3.08. The average Bonchev–Trinajstić information content (AvgIpc) is 2.70. The molecule has 0 radical (unpaired) electrons. The first-order chi connectivity index (χ1) is 7.27. The molecule has 15 heavy (non-hydrogen) atoms. The van der Waals surface area contributed by atoms with E-state index in [0.717, 1.165) is 11.3 Å². The van der Waals surface area contributed by atoms with Crippen molar-refractivity contribution in [2.24, 2.45) is 0 Å². The van der Waals surface area contributed by atoms with Crippen molar-refractivity contribution in [1.29, 1.82) is 0 Å². The quantitative estimate of drug-likeness (QED) is 0.872. The van der Waals surface area contributed by atoms with Crippen molar-refractivity contribution in [3.8, 4) is 0 Å². The first-order valence-corrected chi connectivity index (χ1v) is 5.22. The molecule has 2 rings (SSSR count). The molecule has 4 heteroatoms. The number of hydrogen-bond donors (Lipinski definition) is 1. The van der Waals surface area contributed by atoms with Crippen molar-refractivity contribution in [3.63, 3.8) is 0 Å². The van der Waals surface area contributed by atoms with Crippen LogP contribution >= 0.6 is 23.2 Å². The van der Waals surface area contributed by atoms with Gasteiger partial charge in [-0.1, -0.05) is 29.3 Å². The topological polar surface area (TPSA) is 25.2 Å². The summed E-state index contributed by atoms with van der Waals surface area (Å²) in [6.07, 6.45) is 3.31. The van der Waals surface area contributed by atoms with Gasteiger partial charge in [-0.3, -0.25) is 0 Å². The fraction of sp³-hybridized carbons (Fsp3) is 0.0909. The first-order valence-electron chi connectivity index (χ1n) is 4.46. The van der Waals surface area contributed by atoms with Crippen LogP contribution in [-0.4, -0.2) is 0 Å². The lowest BCUT2D eigenvalue weighted by Gasteiger charge is -2.08. The van der Waals surface area contributed by atoms with E-state index in [9.17, 15) is 0 Å². The molecule has 2 aromatic rings. The van der Waals surface area contributed by atoms with Gasteiger partial charge in [-0.25, -0.2) is 0 Å². The Morgan fingerprint density at radius 3 is 2.47 bits per heavy atom. The zero-order valence-electron chi connectivity index (χ0n) is 7.84.